The minimum atomic E-state index is 0.731. The lowest BCUT2D eigenvalue weighted by Crippen LogP contribution is -2.05. The Balaban J connectivity index is 0.000000325. The maximum Gasteiger partial charge on any atom is 0.0421 e. The van der Waals surface area contributed by atoms with E-state index >= 15 is 0 Å². The van der Waals surface area contributed by atoms with E-state index < -0.39 is 0 Å². The van der Waals surface area contributed by atoms with Crippen LogP contribution in [-0.2, 0) is 0 Å². The van der Waals surface area contributed by atoms with E-state index in [1.54, 1.807) is 0 Å². The van der Waals surface area contributed by atoms with E-state index in [-0.39, 0.29) is 0 Å². The Bertz CT molecular complexity index is 295. The molecule has 0 aromatic rings. The van der Waals surface area contributed by atoms with E-state index in [1.165, 1.54) is 5.57 Å². The van der Waals surface area contributed by atoms with Gasteiger partial charge in [0.1, 0.15) is 0 Å². The largest absolute Gasteiger partial charge is 0.103 e. The average molecular weight is 239 g/mol. The summed E-state index contributed by atoms with van der Waals surface area (Å²) in [5.41, 5.74) is 2.41. The lowest BCUT2D eigenvalue weighted by molar-refractivity contribution is 0.557. The molecule has 1 unspecified atom stereocenters. The van der Waals surface area contributed by atoms with Gasteiger partial charge in [-0.15, -0.1) is 6.58 Å². The van der Waals surface area contributed by atoms with E-state index in [9.17, 15) is 0 Å². The molecule has 0 nitrogen and oxygen atoms in total. The molecule has 0 heterocycles. The van der Waals surface area contributed by atoms with Crippen molar-refractivity contribution >= 4 is 11.6 Å². The molecule has 0 fully saturated rings. The second kappa shape index (κ2) is 8.41. The minimum absolute atomic E-state index is 0.731. The maximum atomic E-state index is 5.96. The molecular weight excluding hydrogens is 216 g/mol. The van der Waals surface area contributed by atoms with Crippen molar-refractivity contribution in [1.29, 1.82) is 0 Å². The first-order valence-corrected chi connectivity index (χ1v) is 6.16. The van der Waals surface area contributed by atoms with Crippen LogP contribution in [-0.4, -0.2) is 0 Å². The Morgan fingerprint density at radius 3 is 2.44 bits per heavy atom. The van der Waals surface area contributed by atoms with Gasteiger partial charge in [0, 0.05) is 5.03 Å². The average Bonchev–Trinajstić information content (AvgIpc) is 2.23. The lowest BCUT2D eigenvalue weighted by Gasteiger charge is -2.21. The summed E-state index contributed by atoms with van der Waals surface area (Å²) in [5, 5.41) is 0.915. The Kier molecular flexibility index (Phi) is 8.01. The van der Waals surface area contributed by atoms with Crippen molar-refractivity contribution in [3.8, 4) is 0 Å². The maximum absolute atomic E-state index is 5.96. The summed E-state index contributed by atoms with van der Waals surface area (Å²) in [4.78, 5) is 0. The molecule has 1 aliphatic rings. The van der Waals surface area contributed by atoms with Crippen molar-refractivity contribution in [2.45, 2.75) is 40.0 Å². The fraction of sp³-hybridized carbons (Fsp3) is 0.467. The zero-order chi connectivity index (χ0) is 12.6. The Labute approximate surface area is 105 Å². The molecule has 0 saturated carbocycles. The van der Waals surface area contributed by atoms with Gasteiger partial charge in [0.15, 0.2) is 0 Å². The number of rotatable bonds is 2. The van der Waals surface area contributed by atoms with Gasteiger partial charge >= 0.3 is 0 Å². The van der Waals surface area contributed by atoms with Crippen LogP contribution in [0.2, 0.25) is 0 Å². The third-order valence-corrected chi connectivity index (χ3v) is 3.06. The van der Waals surface area contributed by atoms with Crippen LogP contribution in [0.25, 0.3) is 0 Å². The highest BCUT2D eigenvalue weighted by Crippen LogP contribution is 2.33. The molecule has 1 aliphatic carbocycles. The van der Waals surface area contributed by atoms with Crippen LogP contribution < -0.4 is 0 Å². The zero-order valence-electron chi connectivity index (χ0n) is 10.7. The SMILES string of the molecule is C=C1CC(C)CC(C)=C1Cl.C=CC/C=C/C. The van der Waals surface area contributed by atoms with E-state index in [1.807, 2.05) is 19.1 Å². The van der Waals surface area contributed by atoms with Crippen molar-refractivity contribution in [2.75, 3.05) is 0 Å². The standard InChI is InChI=1S/C9H13Cl.C6H10/c1-6-4-7(2)9(10)8(3)5-6;1-3-5-6-4-2/h6H,2,4-5H2,1,3H3;3-4,6H,1,5H2,2H3/b;6-4+. The van der Waals surface area contributed by atoms with Crippen LogP contribution >= 0.6 is 11.6 Å². The fourth-order valence-corrected chi connectivity index (χ4v) is 1.88. The highest BCUT2D eigenvalue weighted by Gasteiger charge is 2.16. The second-order valence-electron chi connectivity index (χ2n) is 4.30. The summed E-state index contributed by atoms with van der Waals surface area (Å²) in [6, 6.07) is 0. The molecule has 1 rings (SSSR count). The number of hydrogen-bond donors (Lipinski definition) is 0. The Morgan fingerprint density at radius 1 is 1.44 bits per heavy atom. The monoisotopic (exact) mass is 238 g/mol. The van der Waals surface area contributed by atoms with Crippen LogP contribution in [0, 0.1) is 5.92 Å². The summed E-state index contributed by atoms with van der Waals surface area (Å²) >= 11 is 5.96. The van der Waals surface area contributed by atoms with Gasteiger partial charge in [0.05, 0.1) is 0 Å². The summed E-state index contributed by atoms with van der Waals surface area (Å²) in [6.45, 7) is 13.8. The predicted molar refractivity (Wildman–Crippen MR) is 75.7 cm³/mol. The second-order valence-corrected chi connectivity index (χ2v) is 4.68. The van der Waals surface area contributed by atoms with Crippen molar-refractivity contribution in [2.24, 2.45) is 5.92 Å². The van der Waals surface area contributed by atoms with Crippen LogP contribution in [0.1, 0.15) is 40.0 Å². The normalized spacial score (nSPS) is 20.8. The molecule has 0 spiro atoms. The van der Waals surface area contributed by atoms with Gasteiger partial charge < -0.3 is 0 Å². The first-order valence-electron chi connectivity index (χ1n) is 5.78. The van der Waals surface area contributed by atoms with Crippen LogP contribution in [0.3, 0.4) is 0 Å². The molecule has 90 valence electrons. The van der Waals surface area contributed by atoms with Crippen molar-refractivity contribution in [1.82, 2.24) is 0 Å². The molecular formula is C15H23Cl. The fourth-order valence-electron chi connectivity index (χ4n) is 1.73. The van der Waals surface area contributed by atoms with Gasteiger partial charge in [0.2, 0.25) is 0 Å². The van der Waals surface area contributed by atoms with Crippen molar-refractivity contribution in [3.63, 3.8) is 0 Å². The molecule has 0 radical (unpaired) electrons. The Hall–Kier alpha value is -0.750. The predicted octanol–water partition coefficient (Wildman–Crippen LogP) is 5.62. The molecule has 0 amide bonds. The highest BCUT2D eigenvalue weighted by molar-refractivity contribution is 6.32. The smallest absolute Gasteiger partial charge is 0.0421 e. The topological polar surface area (TPSA) is 0 Å². The Morgan fingerprint density at radius 2 is 2.06 bits per heavy atom. The minimum Gasteiger partial charge on any atom is -0.103 e. The van der Waals surface area contributed by atoms with Gasteiger partial charge in [-0.05, 0) is 44.6 Å². The first kappa shape index (κ1) is 15.2. The zero-order valence-corrected chi connectivity index (χ0v) is 11.5. The van der Waals surface area contributed by atoms with E-state index in [0.29, 0.717) is 0 Å². The van der Waals surface area contributed by atoms with Gasteiger partial charge in [-0.2, -0.15) is 0 Å². The quantitative estimate of drug-likeness (QED) is 0.548. The number of hydrogen-bond acceptors (Lipinski definition) is 0. The first-order chi connectivity index (χ1) is 7.52. The van der Waals surface area contributed by atoms with Crippen LogP contribution in [0.4, 0.5) is 0 Å². The summed E-state index contributed by atoms with van der Waals surface area (Å²) in [7, 11) is 0. The van der Waals surface area contributed by atoms with Crippen LogP contribution in [0.15, 0.2) is 47.6 Å². The molecule has 16 heavy (non-hydrogen) atoms. The highest BCUT2D eigenvalue weighted by atomic mass is 35.5. The molecule has 0 aromatic carbocycles. The van der Waals surface area contributed by atoms with Crippen LogP contribution in [0.5, 0.6) is 0 Å². The van der Waals surface area contributed by atoms with Gasteiger partial charge in [-0.3, -0.25) is 0 Å². The molecule has 0 bridgehead atoms. The van der Waals surface area contributed by atoms with Crippen molar-refractivity contribution in [3.05, 3.63) is 47.6 Å². The third-order valence-electron chi connectivity index (χ3n) is 2.47. The summed E-state index contributed by atoms with van der Waals surface area (Å²) < 4.78 is 0. The lowest BCUT2D eigenvalue weighted by atomic mass is 9.88. The number of halogens is 1. The molecule has 0 saturated heterocycles. The molecule has 0 N–H and O–H groups in total. The molecule has 1 atom stereocenters. The third kappa shape index (κ3) is 5.97. The van der Waals surface area contributed by atoms with Gasteiger partial charge in [-0.1, -0.05) is 48.9 Å². The van der Waals surface area contributed by atoms with Crippen molar-refractivity contribution < 1.29 is 0 Å². The molecule has 0 aliphatic heterocycles. The number of allylic oxidation sites excluding steroid dienone is 6. The van der Waals surface area contributed by atoms with Gasteiger partial charge in [-0.25, -0.2) is 0 Å². The molecule has 1 heteroatoms. The van der Waals surface area contributed by atoms with E-state index in [4.69, 9.17) is 11.6 Å². The van der Waals surface area contributed by atoms with E-state index in [2.05, 4.69) is 33.1 Å². The summed E-state index contributed by atoms with van der Waals surface area (Å²) in [5.74, 6) is 0.731. The molecule has 0 aromatic heterocycles. The summed E-state index contributed by atoms with van der Waals surface area (Å²) in [6.07, 6.45) is 9.15. The van der Waals surface area contributed by atoms with Gasteiger partial charge in [0.25, 0.3) is 0 Å². The van der Waals surface area contributed by atoms with E-state index in [0.717, 1.165) is 35.8 Å².